The van der Waals surface area contributed by atoms with Crippen molar-refractivity contribution in [3.63, 3.8) is 0 Å². The van der Waals surface area contributed by atoms with Crippen molar-refractivity contribution < 1.29 is 4.74 Å². The van der Waals surface area contributed by atoms with Crippen molar-refractivity contribution in [3.05, 3.63) is 65.7 Å². The number of ether oxygens (including phenoxy) is 1. The van der Waals surface area contributed by atoms with Crippen molar-refractivity contribution in [3.8, 4) is 5.75 Å². The van der Waals surface area contributed by atoms with E-state index in [1.54, 1.807) is 0 Å². The van der Waals surface area contributed by atoms with Crippen molar-refractivity contribution >= 4 is 0 Å². The highest BCUT2D eigenvalue weighted by Crippen LogP contribution is 2.40. The van der Waals surface area contributed by atoms with Gasteiger partial charge in [-0.05, 0) is 55.0 Å². The van der Waals surface area contributed by atoms with Gasteiger partial charge in [0.1, 0.15) is 5.75 Å². The third kappa shape index (κ3) is 4.61. The van der Waals surface area contributed by atoms with E-state index in [1.807, 2.05) is 30.3 Å². The first-order chi connectivity index (χ1) is 10.4. The highest BCUT2D eigenvalue weighted by molar-refractivity contribution is 5.29. The van der Waals surface area contributed by atoms with Gasteiger partial charge in [0.05, 0.1) is 6.61 Å². The van der Waals surface area contributed by atoms with Crippen LogP contribution in [0.5, 0.6) is 5.75 Å². The first-order valence-electron chi connectivity index (χ1n) is 7.89. The van der Waals surface area contributed by atoms with Gasteiger partial charge in [-0.1, -0.05) is 42.5 Å². The summed E-state index contributed by atoms with van der Waals surface area (Å²) in [6, 6.07) is 19.0. The first kappa shape index (κ1) is 14.2. The Morgan fingerprint density at radius 2 is 1.86 bits per heavy atom. The Labute approximate surface area is 127 Å². The number of hydrogen-bond acceptors (Lipinski definition) is 2. The van der Waals surface area contributed by atoms with Crippen LogP contribution in [0.25, 0.3) is 0 Å². The molecule has 1 saturated carbocycles. The Hall–Kier alpha value is -1.80. The van der Waals surface area contributed by atoms with E-state index in [2.05, 4.69) is 29.6 Å². The lowest BCUT2D eigenvalue weighted by atomic mass is 10.1. The van der Waals surface area contributed by atoms with Crippen LogP contribution in [-0.2, 0) is 6.54 Å². The molecule has 0 aromatic heterocycles. The number of hydrogen-bond donors (Lipinski definition) is 1. The van der Waals surface area contributed by atoms with E-state index in [-0.39, 0.29) is 0 Å². The second-order valence-corrected chi connectivity index (χ2v) is 5.71. The van der Waals surface area contributed by atoms with Gasteiger partial charge in [-0.25, -0.2) is 0 Å². The molecule has 1 fully saturated rings. The SMILES string of the molecule is c1ccc(OCCCNCc2cccc(C3CC3)c2)cc1. The maximum absolute atomic E-state index is 5.68. The van der Waals surface area contributed by atoms with Crippen molar-refractivity contribution in [2.24, 2.45) is 0 Å². The quantitative estimate of drug-likeness (QED) is 0.735. The topological polar surface area (TPSA) is 21.3 Å². The third-order valence-electron chi connectivity index (χ3n) is 3.84. The molecule has 0 atom stereocenters. The van der Waals surface area contributed by atoms with Gasteiger partial charge in [0.25, 0.3) is 0 Å². The number of benzene rings is 2. The number of rotatable bonds is 8. The molecule has 0 unspecified atom stereocenters. The Morgan fingerprint density at radius 1 is 1.00 bits per heavy atom. The molecule has 0 aliphatic heterocycles. The van der Waals surface area contributed by atoms with E-state index < -0.39 is 0 Å². The van der Waals surface area contributed by atoms with E-state index >= 15 is 0 Å². The van der Waals surface area contributed by atoms with Crippen LogP contribution in [0.3, 0.4) is 0 Å². The predicted molar refractivity (Wildman–Crippen MR) is 86.7 cm³/mol. The van der Waals surface area contributed by atoms with Crippen molar-refractivity contribution in [2.45, 2.75) is 31.7 Å². The minimum Gasteiger partial charge on any atom is -0.494 e. The fraction of sp³-hybridized carbons (Fsp3) is 0.368. The zero-order chi connectivity index (χ0) is 14.3. The Morgan fingerprint density at radius 3 is 2.67 bits per heavy atom. The summed E-state index contributed by atoms with van der Waals surface area (Å²) in [5.74, 6) is 1.79. The van der Waals surface area contributed by atoms with Crippen molar-refractivity contribution in [1.29, 1.82) is 0 Å². The molecule has 3 rings (SSSR count). The summed E-state index contributed by atoms with van der Waals surface area (Å²) in [6.07, 6.45) is 3.76. The highest BCUT2D eigenvalue weighted by atomic mass is 16.5. The second-order valence-electron chi connectivity index (χ2n) is 5.71. The van der Waals surface area contributed by atoms with Crippen molar-refractivity contribution in [2.75, 3.05) is 13.2 Å². The van der Waals surface area contributed by atoms with Gasteiger partial charge in [-0.2, -0.15) is 0 Å². The molecule has 0 spiro atoms. The molecule has 2 aromatic carbocycles. The molecule has 0 heterocycles. The lowest BCUT2D eigenvalue weighted by Crippen LogP contribution is -2.17. The smallest absolute Gasteiger partial charge is 0.119 e. The predicted octanol–water partition coefficient (Wildman–Crippen LogP) is 4.12. The second kappa shape index (κ2) is 7.28. The molecule has 2 aromatic rings. The molecule has 110 valence electrons. The van der Waals surface area contributed by atoms with Gasteiger partial charge in [0, 0.05) is 6.54 Å². The number of para-hydroxylation sites is 1. The molecular weight excluding hydrogens is 258 g/mol. The van der Waals surface area contributed by atoms with Crippen molar-refractivity contribution in [1.82, 2.24) is 5.32 Å². The average Bonchev–Trinajstić information content (AvgIpc) is 3.37. The summed E-state index contributed by atoms with van der Waals surface area (Å²) in [7, 11) is 0. The summed E-state index contributed by atoms with van der Waals surface area (Å²) >= 11 is 0. The van der Waals surface area contributed by atoms with Crippen LogP contribution in [0.4, 0.5) is 0 Å². The van der Waals surface area contributed by atoms with Crippen LogP contribution < -0.4 is 10.1 Å². The van der Waals surface area contributed by atoms with Crippen LogP contribution in [0.2, 0.25) is 0 Å². The van der Waals surface area contributed by atoms with Crippen LogP contribution in [-0.4, -0.2) is 13.2 Å². The summed E-state index contributed by atoms with van der Waals surface area (Å²) in [6.45, 7) is 2.70. The molecule has 1 N–H and O–H groups in total. The van der Waals surface area contributed by atoms with Crippen LogP contribution in [0.1, 0.15) is 36.3 Å². The van der Waals surface area contributed by atoms with Crippen LogP contribution in [0.15, 0.2) is 54.6 Å². The molecule has 2 heteroatoms. The number of nitrogens with one attached hydrogen (secondary N) is 1. The molecular formula is C19H23NO. The fourth-order valence-corrected chi connectivity index (χ4v) is 2.51. The highest BCUT2D eigenvalue weighted by Gasteiger charge is 2.23. The standard InChI is InChI=1S/C19H23NO/c1-2-8-19(9-3-1)21-13-5-12-20-15-16-6-4-7-18(14-16)17-10-11-17/h1-4,6-9,14,17,20H,5,10-13,15H2. The van der Waals surface area contributed by atoms with Gasteiger partial charge < -0.3 is 10.1 Å². The van der Waals surface area contributed by atoms with Gasteiger partial charge in [0.15, 0.2) is 0 Å². The Kier molecular flexibility index (Phi) is 4.90. The zero-order valence-electron chi connectivity index (χ0n) is 12.4. The van der Waals surface area contributed by atoms with Crippen LogP contribution >= 0.6 is 0 Å². The Bertz CT molecular complexity index is 549. The third-order valence-corrected chi connectivity index (χ3v) is 3.84. The maximum atomic E-state index is 5.68. The molecule has 2 nitrogen and oxygen atoms in total. The summed E-state index contributed by atoms with van der Waals surface area (Å²) in [5.41, 5.74) is 2.91. The maximum Gasteiger partial charge on any atom is 0.119 e. The molecule has 21 heavy (non-hydrogen) atoms. The van der Waals surface area contributed by atoms with E-state index in [1.165, 1.54) is 24.0 Å². The van der Waals surface area contributed by atoms with E-state index in [0.717, 1.165) is 37.8 Å². The molecule has 1 aliphatic rings. The van der Waals surface area contributed by atoms with Crippen LogP contribution in [0, 0.1) is 0 Å². The molecule has 0 bridgehead atoms. The normalized spacial score (nSPS) is 14.1. The molecule has 1 aliphatic carbocycles. The minimum absolute atomic E-state index is 0.763. The molecule has 0 radical (unpaired) electrons. The Balaban J connectivity index is 1.32. The lowest BCUT2D eigenvalue weighted by Gasteiger charge is -2.08. The van der Waals surface area contributed by atoms with E-state index in [9.17, 15) is 0 Å². The minimum atomic E-state index is 0.763. The zero-order valence-corrected chi connectivity index (χ0v) is 12.4. The fourth-order valence-electron chi connectivity index (χ4n) is 2.51. The first-order valence-corrected chi connectivity index (χ1v) is 7.89. The van der Waals surface area contributed by atoms with Gasteiger partial charge in [-0.3, -0.25) is 0 Å². The summed E-state index contributed by atoms with van der Waals surface area (Å²) in [5, 5.41) is 3.49. The lowest BCUT2D eigenvalue weighted by molar-refractivity contribution is 0.308. The van der Waals surface area contributed by atoms with Gasteiger partial charge in [0.2, 0.25) is 0 Å². The van der Waals surface area contributed by atoms with Gasteiger partial charge >= 0.3 is 0 Å². The largest absolute Gasteiger partial charge is 0.494 e. The average molecular weight is 281 g/mol. The van der Waals surface area contributed by atoms with E-state index in [4.69, 9.17) is 4.74 Å². The summed E-state index contributed by atoms with van der Waals surface area (Å²) < 4.78 is 5.68. The summed E-state index contributed by atoms with van der Waals surface area (Å²) in [4.78, 5) is 0. The van der Waals surface area contributed by atoms with E-state index in [0.29, 0.717) is 0 Å². The van der Waals surface area contributed by atoms with Gasteiger partial charge in [-0.15, -0.1) is 0 Å². The molecule has 0 amide bonds. The monoisotopic (exact) mass is 281 g/mol. The molecule has 0 saturated heterocycles.